The van der Waals surface area contributed by atoms with Gasteiger partial charge in [0, 0.05) is 5.69 Å². The molecule has 0 saturated carbocycles. The highest BCUT2D eigenvalue weighted by Crippen LogP contribution is 2.20. The number of carbonyl (C=O) groups excluding carboxylic acids is 1. The molecule has 0 aromatic carbocycles. The number of hydrogen-bond acceptors (Lipinski definition) is 4. The summed E-state index contributed by atoms with van der Waals surface area (Å²) in [4.78, 5) is 12.0. The summed E-state index contributed by atoms with van der Waals surface area (Å²) in [6, 6.07) is 5.06. The first-order chi connectivity index (χ1) is 9.40. The molecule has 1 atom stereocenters. The lowest BCUT2D eigenvalue weighted by atomic mass is 10.0. The van der Waals surface area contributed by atoms with E-state index in [9.17, 15) is 9.90 Å². The lowest BCUT2D eigenvalue weighted by molar-refractivity contribution is 0.0329. The summed E-state index contributed by atoms with van der Waals surface area (Å²) in [6.07, 6.45) is 1.48. The summed E-state index contributed by atoms with van der Waals surface area (Å²) in [6.45, 7) is 5.65. The minimum atomic E-state index is -1.25. The van der Waals surface area contributed by atoms with E-state index in [0.29, 0.717) is 11.5 Å². The number of nitrogens with zero attached hydrogens (tertiary/aromatic N) is 1. The second-order valence-electron chi connectivity index (χ2n) is 5.30. The number of rotatable bonds is 5. The van der Waals surface area contributed by atoms with E-state index in [1.54, 1.807) is 25.1 Å². The molecule has 0 aliphatic carbocycles. The van der Waals surface area contributed by atoms with Gasteiger partial charge < -0.3 is 14.8 Å². The zero-order chi connectivity index (χ0) is 14.8. The van der Waals surface area contributed by atoms with Crippen molar-refractivity contribution in [3.63, 3.8) is 0 Å². The number of furan rings is 1. The average Bonchev–Trinajstić information content (AvgIpc) is 3.06. The quantitative estimate of drug-likeness (QED) is 0.776. The van der Waals surface area contributed by atoms with E-state index < -0.39 is 5.60 Å². The van der Waals surface area contributed by atoms with E-state index in [1.807, 2.05) is 13.8 Å². The maximum atomic E-state index is 12.0. The predicted octanol–water partition coefficient (Wildman–Crippen LogP) is 1.76. The monoisotopic (exact) mass is 277 g/mol. The first-order valence-corrected chi connectivity index (χ1v) is 6.50. The maximum absolute atomic E-state index is 12.0. The lowest BCUT2D eigenvalue weighted by Crippen LogP contribution is -2.38. The molecule has 0 fully saturated rings. The molecule has 2 heterocycles. The molecule has 0 aliphatic rings. The Balaban J connectivity index is 1.98. The molecule has 0 aliphatic heterocycles. The van der Waals surface area contributed by atoms with Crippen LogP contribution in [0.25, 0.3) is 0 Å². The normalized spacial score (nSPS) is 14.2. The number of H-pyrrole nitrogens is 1. The summed E-state index contributed by atoms with van der Waals surface area (Å²) in [5.41, 5.74) is -0.0482. The van der Waals surface area contributed by atoms with Crippen molar-refractivity contribution >= 4 is 5.91 Å². The van der Waals surface area contributed by atoms with E-state index in [1.165, 1.54) is 6.26 Å². The molecule has 6 heteroatoms. The molecule has 0 spiro atoms. The van der Waals surface area contributed by atoms with Crippen LogP contribution >= 0.6 is 0 Å². The van der Waals surface area contributed by atoms with Crippen LogP contribution in [0.4, 0.5) is 0 Å². The fraction of sp³-hybridized carbons (Fsp3) is 0.429. The van der Waals surface area contributed by atoms with Gasteiger partial charge in [-0.2, -0.15) is 5.10 Å². The number of aromatic amines is 1. The van der Waals surface area contributed by atoms with Crippen LogP contribution in [0, 0.1) is 0 Å². The summed E-state index contributed by atoms with van der Waals surface area (Å²) >= 11 is 0. The molecular formula is C14H19N3O3. The standard InChI is InChI=1S/C14H19N3O3/c1-9(2)10-7-11(17-16-10)13(18)15-8-14(3,19)12-5-4-6-20-12/h4-7,9,19H,8H2,1-3H3,(H,15,18)(H,16,17). The molecule has 0 saturated heterocycles. The van der Waals surface area contributed by atoms with Crippen LogP contribution < -0.4 is 5.32 Å². The summed E-state index contributed by atoms with van der Waals surface area (Å²) < 4.78 is 5.15. The molecule has 0 radical (unpaired) electrons. The highest BCUT2D eigenvalue weighted by atomic mass is 16.4. The SMILES string of the molecule is CC(C)c1cc(C(=O)NCC(C)(O)c2ccco2)n[nH]1. The van der Waals surface area contributed by atoms with Crippen molar-refractivity contribution in [3.05, 3.63) is 41.6 Å². The van der Waals surface area contributed by atoms with Crippen LogP contribution in [0.1, 0.15) is 48.6 Å². The fourth-order valence-corrected chi connectivity index (χ4v) is 1.76. The summed E-state index contributed by atoms with van der Waals surface area (Å²) in [7, 11) is 0. The topological polar surface area (TPSA) is 91.2 Å². The zero-order valence-electron chi connectivity index (χ0n) is 11.8. The molecule has 3 N–H and O–H groups in total. The van der Waals surface area contributed by atoms with Crippen LogP contribution in [0.5, 0.6) is 0 Å². The molecule has 0 bridgehead atoms. The van der Waals surface area contributed by atoms with Gasteiger partial charge in [0.2, 0.25) is 0 Å². The molecule has 1 amide bonds. The summed E-state index contributed by atoms with van der Waals surface area (Å²) in [5, 5.41) is 19.7. The van der Waals surface area contributed by atoms with Gasteiger partial charge in [0.1, 0.15) is 17.1 Å². The van der Waals surface area contributed by atoms with Gasteiger partial charge in [-0.05, 0) is 31.0 Å². The smallest absolute Gasteiger partial charge is 0.271 e. The highest BCUT2D eigenvalue weighted by Gasteiger charge is 2.27. The first kappa shape index (κ1) is 14.3. The van der Waals surface area contributed by atoms with Crippen molar-refractivity contribution in [2.45, 2.75) is 32.3 Å². The van der Waals surface area contributed by atoms with E-state index >= 15 is 0 Å². The van der Waals surface area contributed by atoms with Gasteiger partial charge in [-0.1, -0.05) is 13.8 Å². The van der Waals surface area contributed by atoms with E-state index in [-0.39, 0.29) is 18.4 Å². The van der Waals surface area contributed by atoms with Crippen LogP contribution in [0.15, 0.2) is 28.9 Å². The Morgan fingerprint density at radius 1 is 1.60 bits per heavy atom. The largest absolute Gasteiger partial charge is 0.466 e. The zero-order valence-corrected chi connectivity index (χ0v) is 11.8. The van der Waals surface area contributed by atoms with E-state index in [4.69, 9.17) is 4.42 Å². The van der Waals surface area contributed by atoms with Crippen molar-refractivity contribution in [1.29, 1.82) is 0 Å². The Kier molecular flexibility index (Phi) is 3.94. The number of amides is 1. The van der Waals surface area contributed by atoms with Gasteiger partial charge in [0.05, 0.1) is 12.8 Å². The van der Waals surface area contributed by atoms with Crippen molar-refractivity contribution in [2.24, 2.45) is 0 Å². The van der Waals surface area contributed by atoms with Crippen molar-refractivity contribution in [1.82, 2.24) is 15.5 Å². The van der Waals surface area contributed by atoms with Crippen molar-refractivity contribution in [3.8, 4) is 0 Å². The van der Waals surface area contributed by atoms with E-state index in [0.717, 1.165) is 5.69 Å². The minimum absolute atomic E-state index is 0.0449. The van der Waals surface area contributed by atoms with Crippen molar-refractivity contribution in [2.75, 3.05) is 6.54 Å². The van der Waals surface area contributed by atoms with Crippen molar-refractivity contribution < 1.29 is 14.3 Å². The van der Waals surface area contributed by atoms with Gasteiger partial charge in [-0.15, -0.1) is 0 Å². The third-order valence-corrected chi connectivity index (χ3v) is 3.10. The van der Waals surface area contributed by atoms with Crippen LogP contribution in [-0.2, 0) is 5.60 Å². The average molecular weight is 277 g/mol. The molecule has 2 rings (SSSR count). The summed E-state index contributed by atoms with van der Waals surface area (Å²) in [5.74, 6) is 0.345. The Hall–Kier alpha value is -2.08. The van der Waals surface area contributed by atoms with Crippen LogP contribution in [0.3, 0.4) is 0 Å². The number of aliphatic hydroxyl groups is 1. The second kappa shape index (κ2) is 5.50. The fourth-order valence-electron chi connectivity index (χ4n) is 1.76. The van der Waals surface area contributed by atoms with Gasteiger partial charge >= 0.3 is 0 Å². The predicted molar refractivity (Wildman–Crippen MR) is 73.3 cm³/mol. The van der Waals surface area contributed by atoms with Gasteiger partial charge in [0.15, 0.2) is 0 Å². The number of nitrogens with one attached hydrogen (secondary N) is 2. The number of hydrogen-bond donors (Lipinski definition) is 3. The maximum Gasteiger partial charge on any atom is 0.271 e. The first-order valence-electron chi connectivity index (χ1n) is 6.50. The molecule has 20 heavy (non-hydrogen) atoms. The Bertz CT molecular complexity index is 570. The second-order valence-corrected chi connectivity index (χ2v) is 5.30. The minimum Gasteiger partial charge on any atom is -0.466 e. The van der Waals surface area contributed by atoms with Gasteiger partial charge in [-0.3, -0.25) is 9.89 Å². The third-order valence-electron chi connectivity index (χ3n) is 3.10. The third kappa shape index (κ3) is 3.08. The molecular weight excluding hydrogens is 258 g/mol. The molecule has 6 nitrogen and oxygen atoms in total. The Morgan fingerprint density at radius 2 is 2.35 bits per heavy atom. The highest BCUT2D eigenvalue weighted by molar-refractivity contribution is 5.92. The molecule has 1 unspecified atom stereocenters. The number of carbonyl (C=O) groups is 1. The van der Waals surface area contributed by atoms with Gasteiger partial charge in [-0.25, -0.2) is 0 Å². The number of aromatic nitrogens is 2. The van der Waals surface area contributed by atoms with Gasteiger partial charge in [0.25, 0.3) is 5.91 Å². The van der Waals surface area contributed by atoms with Crippen LogP contribution in [-0.4, -0.2) is 27.8 Å². The Morgan fingerprint density at radius 3 is 2.90 bits per heavy atom. The lowest BCUT2D eigenvalue weighted by Gasteiger charge is -2.20. The molecule has 108 valence electrons. The molecule has 2 aromatic rings. The molecule has 2 aromatic heterocycles. The van der Waals surface area contributed by atoms with Crippen LogP contribution in [0.2, 0.25) is 0 Å². The van der Waals surface area contributed by atoms with E-state index in [2.05, 4.69) is 15.5 Å². The Labute approximate surface area is 117 Å².